The lowest BCUT2D eigenvalue weighted by Crippen LogP contribution is -2.26. The fourth-order valence-corrected chi connectivity index (χ4v) is 4.73. The summed E-state index contributed by atoms with van der Waals surface area (Å²) in [7, 11) is 1.59. The highest BCUT2D eigenvalue weighted by atomic mass is 35.5. The molecule has 1 unspecified atom stereocenters. The second-order valence-electron chi connectivity index (χ2n) is 8.59. The van der Waals surface area contributed by atoms with Crippen LogP contribution >= 0.6 is 11.6 Å². The van der Waals surface area contributed by atoms with Gasteiger partial charge in [0, 0.05) is 39.1 Å². The van der Waals surface area contributed by atoms with Crippen molar-refractivity contribution in [3.63, 3.8) is 0 Å². The molecule has 1 aromatic heterocycles. The van der Waals surface area contributed by atoms with Crippen molar-refractivity contribution in [2.75, 3.05) is 7.11 Å². The Morgan fingerprint density at radius 1 is 0.971 bits per heavy atom. The summed E-state index contributed by atoms with van der Waals surface area (Å²) < 4.78 is 22.1. The molecule has 4 aromatic rings. The zero-order valence-corrected chi connectivity index (χ0v) is 20.8. The SMILES string of the molecule is COc1cccc(-c2c(C)n(Cc3c(F)cccc3Cl)c(C)c(CC(N)c3ccccc3)c2=O)c1. The zero-order chi connectivity index (χ0) is 25.1. The number of pyridine rings is 1. The summed E-state index contributed by atoms with van der Waals surface area (Å²) in [6.07, 6.45) is 0.344. The first-order valence-electron chi connectivity index (χ1n) is 11.4. The molecule has 180 valence electrons. The van der Waals surface area contributed by atoms with Gasteiger partial charge in [-0.05, 0) is 55.7 Å². The molecule has 6 heteroatoms. The Kier molecular flexibility index (Phi) is 7.39. The smallest absolute Gasteiger partial charge is 0.193 e. The number of hydrogen-bond acceptors (Lipinski definition) is 3. The minimum absolute atomic E-state index is 0.0875. The van der Waals surface area contributed by atoms with Gasteiger partial charge in [0.05, 0.1) is 13.7 Å². The van der Waals surface area contributed by atoms with E-state index in [4.69, 9.17) is 22.1 Å². The molecular formula is C29H28ClFN2O2. The molecule has 2 N–H and O–H groups in total. The van der Waals surface area contributed by atoms with Crippen molar-refractivity contribution in [3.05, 3.63) is 122 Å². The Balaban J connectivity index is 1.93. The van der Waals surface area contributed by atoms with E-state index in [9.17, 15) is 9.18 Å². The van der Waals surface area contributed by atoms with Gasteiger partial charge in [0.1, 0.15) is 11.6 Å². The van der Waals surface area contributed by atoms with E-state index in [0.29, 0.717) is 33.9 Å². The number of ether oxygens (including phenoxy) is 1. The van der Waals surface area contributed by atoms with Crippen molar-refractivity contribution >= 4 is 11.6 Å². The molecule has 1 heterocycles. The molecule has 3 aromatic carbocycles. The normalized spacial score (nSPS) is 11.9. The quantitative estimate of drug-likeness (QED) is 0.334. The predicted molar refractivity (Wildman–Crippen MR) is 140 cm³/mol. The van der Waals surface area contributed by atoms with E-state index < -0.39 is 0 Å². The van der Waals surface area contributed by atoms with E-state index in [1.807, 2.05) is 73.0 Å². The lowest BCUT2D eigenvalue weighted by Gasteiger charge is -2.23. The van der Waals surface area contributed by atoms with E-state index in [0.717, 1.165) is 22.5 Å². The second-order valence-corrected chi connectivity index (χ2v) is 9.00. The van der Waals surface area contributed by atoms with Gasteiger partial charge in [-0.2, -0.15) is 0 Å². The van der Waals surface area contributed by atoms with Gasteiger partial charge in [-0.1, -0.05) is 60.1 Å². The summed E-state index contributed by atoms with van der Waals surface area (Å²) >= 11 is 6.36. The minimum atomic E-state index is -0.388. The van der Waals surface area contributed by atoms with E-state index in [1.54, 1.807) is 19.2 Å². The highest BCUT2D eigenvalue weighted by Gasteiger charge is 2.22. The number of nitrogens with two attached hydrogens (primary N) is 1. The van der Waals surface area contributed by atoms with Crippen molar-refractivity contribution < 1.29 is 9.13 Å². The fraction of sp³-hybridized carbons (Fsp3) is 0.207. The average Bonchev–Trinajstić information content (AvgIpc) is 2.86. The third kappa shape index (κ3) is 5.02. The number of aromatic nitrogens is 1. The molecule has 0 saturated heterocycles. The third-order valence-electron chi connectivity index (χ3n) is 6.50. The Hall–Kier alpha value is -3.41. The largest absolute Gasteiger partial charge is 0.497 e. The number of halogens is 2. The van der Waals surface area contributed by atoms with Gasteiger partial charge in [0.15, 0.2) is 5.43 Å². The standard InChI is InChI=1S/C29H28ClFN2O2/c1-18-23(16-27(32)20-9-5-4-6-10-20)29(34)28(21-11-7-12-22(15-21)35-3)19(2)33(18)17-24-25(30)13-8-14-26(24)31/h4-15,27H,16-17,32H2,1-3H3. The van der Waals surface area contributed by atoms with Crippen molar-refractivity contribution in [2.45, 2.75) is 32.9 Å². The van der Waals surface area contributed by atoms with Crippen molar-refractivity contribution in [1.29, 1.82) is 0 Å². The first-order chi connectivity index (χ1) is 16.8. The molecule has 0 radical (unpaired) electrons. The molecule has 0 bridgehead atoms. The van der Waals surface area contributed by atoms with E-state index in [2.05, 4.69) is 0 Å². The lowest BCUT2D eigenvalue weighted by molar-refractivity contribution is 0.415. The molecule has 0 spiro atoms. The van der Waals surface area contributed by atoms with Crippen molar-refractivity contribution in [1.82, 2.24) is 4.57 Å². The molecule has 0 aliphatic carbocycles. The highest BCUT2D eigenvalue weighted by Crippen LogP contribution is 2.29. The highest BCUT2D eigenvalue weighted by molar-refractivity contribution is 6.31. The Labute approximate surface area is 209 Å². The van der Waals surface area contributed by atoms with E-state index in [1.165, 1.54) is 6.07 Å². The number of benzene rings is 3. The first-order valence-corrected chi connectivity index (χ1v) is 11.8. The van der Waals surface area contributed by atoms with Crippen molar-refractivity contribution in [2.24, 2.45) is 5.73 Å². The maximum Gasteiger partial charge on any atom is 0.193 e. The fourth-order valence-electron chi connectivity index (χ4n) is 4.50. The molecule has 0 saturated carbocycles. The molecular weight excluding hydrogens is 463 g/mol. The van der Waals surface area contributed by atoms with Crippen LogP contribution < -0.4 is 15.9 Å². The van der Waals surface area contributed by atoms with Crippen LogP contribution in [0.1, 0.15) is 34.1 Å². The van der Waals surface area contributed by atoms with Crippen LogP contribution in [-0.2, 0) is 13.0 Å². The van der Waals surface area contributed by atoms with E-state index >= 15 is 0 Å². The molecule has 0 amide bonds. The summed E-state index contributed by atoms with van der Waals surface area (Å²) in [6, 6.07) is 21.4. The lowest BCUT2D eigenvalue weighted by atomic mass is 9.93. The molecule has 4 rings (SSSR count). The van der Waals surface area contributed by atoms with Gasteiger partial charge < -0.3 is 15.0 Å². The Morgan fingerprint density at radius 2 is 1.69 bits per heavy atom. The van der Waals surface area contributed by atoms with Crippen LogP contribution in [0.25, 0.3) is 11.1 Å². The van der Waals surface area contributed by atoms with Crippen LogP contribution in [0.2, 0.25) is 5.02 Å². The minimum Gasteiger partial charge on any atom is -0.497 e. The summed E-state index contributed by atoms with van der Waals surface area (Å²) in [5.74, 6) is 0.258. The topological polar surface area (TPSA) is 57.2 Å². The molecule has 35 heavy (non-hydrogen) atoms. The van der Waals surface area contributed by atoms with Crippen LogP contribution in [0.5, 0.6) is 5.75 Å². The van der Waals surface area contributed by atoms with E-state index in [-0.39, 0.29) is 23.8 Å². The van der Waals surface area contributed by atoms with Crippen LogP contribution in [0.15, 0.2) is 77.6 Å². The van der Waals surface area contributed by atoms with Crippen LogP contribution in [-0.4, -0.2) is 11.7 Å². The summed E-state index contributed by atoms with van der Waals surface area (Å²) in [4.78, 5) is 13.9. The number of methoxy groups -OCH3 is 1. The second kappa shape index (κ2) is 10.5. The van der Waals surface area contributed by atoms with Crippen molar-refractivity contribution in [3.8, 4) is 16.9 Å². The zero-order valence-electron chi connectivity index (χ0n) is 20.0. The first kappa shape index (κ1) is 24.7. The monoisotopic (exact) mass is 490 g/mol. The van der Waals surface area contributed by atoms with Crippen LogP contribution in [0, 0.1) is 19.7 Å². The number of hydrogen-bond donors (Lipinski definition) is 1. The summed E-state index contributed by atoms with van der Waals surface area (Å²) in [5.41, 5.74) is 11.1. The average molecular weight is 491 g/mol. The van der Waals surface area contributed by atoms with Gasteiger partial charge in [-0.3, -0.25) is 4.79 Å². The maximum absolute atomic E-state index is 14.7. The van der Waals surface area contributed by atoms with Crippen LogP contribution in [0.3, 0.4) is 0 Å². The van der Waals surface area contributed by atoms with Gasteiger partial charge in [-0.25, -0.2) is 4.39 Å². The van der Waals surface area contributed by atoms with Gasteiger partial charge in [0.2, 0.25) is 0 Å². The molecule has 1 atom stereocenters. The Morgan fingerprint density at radius 3 is 2.37 bits per heavy atom. The molecule has 0 aliphatic rings. The summed E-state index contributed by atoms with van der Waals surface area (Å²) in [6.45, 7) is 3.94. The molecule has 0 fully saturated rings. The van der Waals surface area contributed by atoms with Gasteiger partial charge in [-0.15, -0.1) is 0 Å². The third-order valence-corrected chi connectivity index (χ3v) is 6.85. The number of nitrogens with zero attached hydrogens (tertiary/aromatic N) is 1. The van der Waals surface area contributed by atoms with Crippen LogP contribution in [0.4, 0.5) is 4.39 Å². The summed E-state index contributed by atoms with van der Waals surface area (Å²) in [5, 5.41) is 0.341. The molecule has 4 nitrogen and oxygen atoms in total. The maximum atomic E-state index is 14.7. The Bertz CT molecular complexity index is 1400. The predicted octanol–water partition coefficient (Wildman–Crippen LogP) is 6.22. The molecule has 0 aliphatic heterocycles. The number of rotatable bonds is 7. The van der Waals surface area contributed by atoms with Gasteiger partial charge in [0.25, 0.3) is 0 Å². The van der Waals surface area contributed by atoms with Gasteiger partial charge >= 0.3 is 0 Å².